The molecule has 42 heavy (non-hydrogen) atoms. The molecule has 2 saturated heterocycles. The molecule has 0 unspecified atom stereocenters. The minimum atomic E-state index is -0.318. The smallest absolute Gasteiger partial charge is 0.290 e. The number of benzene rings is 2. The van der Waals surface area contributed by atoms with Crippen molar-refractivity contribution in [2.45, 2.75) is 24.9 Å². The van der Waals surface area contributed by atoms with Gasteiger partial charge in [-0.1, -0.05) is 23.4 Å². The average Bonchev–Trinajstić information content (AvgIpc) is 3.84. The number of aromatic nitrogens is 3. The van der Waals surface area contributed by atoms with Gasteiger partial charge in [-0.2, -0.15) is 15.6 Å². The number of carbonyl (C=O) groups excluding carboxylic acids is 2. The maximum absolute atomic E-state index is 12.2. The number of hydrogen-bond acceptors (Lipinski definition) is 10. The van der Waals surface area contributed by atoms with Crippen molar-refractivity contribution in [2.24, 2.45) is 0 Å². The maximum atomic E-state index is 12.2. The van der Waals surface area contributed by atoms with E-state index < -0.39 is 0 Å². The van der Waals surface area contributed by atoms with Gasteiger partial charge in [-0.3, -0.25) is 14.7 Å². The first-order valence-corrected chi connectivity index (χ1v) is 13.4. The Balaban J connectivity index is 0.000000171. The van der Waals surface area contributed by atoms with Crippen LogP contribution in [0.4, 0.5) is 0 Å². The number of likely N-dealkylation sites (tertiary alicyclic amines) is 2. The van der Waals surface area contributed by atoms with E-state index >= 15 is 0 Å². The van der Waals surface area contributed by atoms with Crippen molar-refractivity contribution in [1.29, 1.82) is 10.5 Å². The molecular weight excluding hydrogens is 538 g/mol. The summed E-state index contributed by atoms with van der Waals surface area (Å²) in [6, 6.07) is 16.4. The molecule has 3 N–H and O–H groups in total. The van der Waals surface area contributed by atoms with Crippen molar-refractivity contribution >= 4 is 22.7 Å². The molecule has 4 heterocycles. The first kappa shape index (κ1) is 28.0. The predicted octanol–water partition coefficient (Wildman–Crippen LogP) is 2.48. The van der Waals surface area contributed by atoms with Crippen molar-refractivity contribution in [3.63, 3.8) is 0 Å². The number of H-pyrrole nitrogens is 1. The van der Waals surface area contributed by atoms with Crippen molar-refractivity contribution in [3.8, 4) is 29.4 Å². The highest BCUT2D eigenvalue weighted by molar-refractivity contribution is 6.04. The van der Waals surface area contributed by atoms with Gasteiger partial charge in [-0.05, 0) is 43.2 Å². The summed E-state index contributed by atoms with van der Waals surface area (Å²) in [5.41, 5.74) is 2.68. The second-order valence-corrected chi connectivity index (χ2v) is 9.93. The van der Waals surface area contributed by atoms with Crippen LogP contribution in [0.2, 0.25) is 0 Å². The third-order valence-electron chi connectivity index (χ3n) is 7.13. The number of aromatic amines is 1. The zero-order valence-electron chi connectivity index (χ0n) is 22.9. The van der Waals surface area contributed by atoms with E-state index in [4.69, 9.17) is 19.8 Å². The molecule has 13 nitrogen and oxygen atoms in total. The van der Waals surface area contributed by atoms with E-state index in [0.29, 0.717) is 37.6 Å². The summed E-state index contributed by atoms with van der Waals surface area (Å²) in [6.07, 6.45) is 5.71. The molecule has 2 amide bonds. The van der Waals surface area contributed by atoms with E-state index in [-0.39, 0.29) is 29.7 Å². The lowest BCUT2D eigenvalue weighted by Crippen LogP contribution is -2.36. The van der Waals surface area contributed by atoms with Crippen LogP contribution in [-0.2, 0) is 0 Å². The van der Waals surface area contributed by atoms with Gasteiger partial charge in [-0.15, -0.1) is 0 Å². The Morgan fingerprint density at radius 3 is 2.24 bits per heavy atom. The molecule has 2 aromatic carbocycles. The zero-order chi connectivity index (χ0) is 29.5. The van der Waals surface area contributed by atoms with Gasteiger partial charge in [0, 0.05) is 55.3 Å². The van der Waals surface area contributed by atoms with Gasteiger partial charge < -0.3 is 29.7 Å². The Hall–Kier alpha value is -5.56. The Labute approximate surface area is 241 Å². The summed E-state index contributed by atoms with van der Waals surface area (Å²) < 4.78 is 10.2. The topological polar surface area (TPSA) is 176 Å². The largest absolute Gasteiger partial charge is 0.497 e. The summed E-state index contributed by atoms with van der Waals surface area (Å²) >= 11 is 0. The van der Waals surface area contributed by atoms with E-state index in [2.05, 4.69) is 38.4 Å². The molecule has 2 aromatic heterocycles. The van der Waals surface area contributed by atoms with Gasteiger partial charge in [0.2, 0.25) is 5.76 Å². The first-order chi connectivity index (χ1) is 20.5. The molecule has 6 rings (SSSR count). The number of ether oxygens (including phenoxy) is 1. The van der Waals surface area contributed by atoms with Crippen LogP contribution >= 0.6 is 0 Å². The Morgan fingerprint density at radius 1 is 0.976 bits per heavy atom. The molecule has 2 atom stereocenters. The summed E-state index contributed by atoms with van der Waals surface area (Å²) in [4.78, 5) is 27.6. The molecule has 2 fully saturated rings. The Bertz CT molecular complexity index is 1630. The fourth-order valence-electron chi connectivity index (χ4n) is 4.86. The van der Waals surface area contributed by atoms with Crippen molar-refractivity contribution < 1.29 is 18.8 Å². The SMILES string of the molecule is COc1ccc(-c2cc(C(=O)N[C@@H]3CCN(C#N)C3)on2)cc1.N#CN1CC[C@@H](NC(=O)c2n[nH]c3ccccc23)C1. The number of rotatable bonds is 6. The minimum absolute atomic E-state index is 0.0163. The monoisotopic (exact) mass is 567 g/mol. The Kier molecular flexibility index (Phi) is 8.49. The molecule has 13 heteroatoms. The number of para-hydroxylation sites is 1. The molecule has 2 aliphatic rings. The number of hydrogen-bond donors (Lipinski definition) is 3. The lowest BCUT2D eigenvalue weighted by molar-refractivity contribution is 0.0900. The van der Waals surface area contributed by atoms with Crippen LogP contribution in [0.15, 0.2) is 59.1 Å². The van der Waals surface area contributed by atoms with Crippen LogP contribution in [-0.4, -0.2) is 82.3 Å². The zero-order valence-corrected chi connectivity index (χ0v) is 22.9. The number of carbonyl (C=O) groups is 2. The van der Waals surface area contributed by atoms with E-state index in [1.54, 1.807) is 23.0 Å². The van der Waals surface area contributed by atoms with Crippen LogP contribution in [0.1, 0.15) is 33.9 Å². The normalized spacial score (nSPS) is 17.6. The maximum Gasteiger partial charge on any atom is 0.290 e. The first-order valence-electron chi connectivity index (χ1n) is 13.4. The third-order valence-corrected chi connectivity index (χ3v) is 7.13. The minimum Gasteiger partial charge on any atom is -0.497 e. The van der Waals surface area contributed by atoms with Crippen LogP contribution < -0.4 is 15.4 Å². The second kappa shape index (κ2) is 12.7. The van der Waals surface area contributed by atoms with Crippen LogP contribution in [0.5, 0.6) is 5.75 Å². The summed E-state index contributed by atoms with van der Waals surface area (Å²) in [6.45, 7) is 2.46. The molecule has 0 bridgehead atoms. The molecule has 214 valence electrons. The predicted molar refractivity (Wildman–Crippen MR) is 151 cm³/mol. The summed E-state index contributed by atoms with van der Waals surface area (Å²) in [5.74, 6) is 0.397. The Morgan fingerprint density at radius 2 is 1.62 bits per heavy atom. The molecule has 4 aromatic rings. The quantitative estimate of drug-likeness (QED) is 0.293. The highest BCUT2D eigenvalue weighted by atomic mass is 16.5. The van der Waals surface area contributed by atoms with Crippen LogP contribution in [0, 0.1) is 22.9 Å². The van der Waals surface area contributed by atoms with E-state index in [9.17, 15) is 9.59 Å². The molecule has 0 spiro atoms. The van der Waals surface area contributed by atoms with E-state index in [1.807, 2.05) is 48.5 Å². The van der Waals surface area contributed by atoms with Crippen molar-refractivity contribution in [1.82, 2.24) is 35.8 Å². The van der Waals surface area contributed by atoms with Gasteiger partial charge in [0.1, 0.15) is 11.4 Å². The van der Waals surface area contributed by atoms with Crippen LogP contribution in [0.25, 0.3) is 22.2 Å². The lowest BCUT2D eigenvalue weighted by Gasteiger charge is -2.11. The van der Waals surface area contributed by atoms with Gasteiger partial charge in [-0.25, -0.2) is 0 Å². The highest BCUT2D eigenvalue weighted by Crippen LogP contribution is 2.22. The van der Waals surface area contributed by atoms with Crippen molar-refractivity contribution in [3.05, 3.63) is 66.1 Å². The molecule has 2 aliphatic heterocycles. The summed E-state index contributed by atoms with van der Waals surface area (Å²) in [5, 5.41) is 35.0. The molecule has 0 saturated carbocycles. The number of nitrogens with zero attached hydrogens (tertiary/aromatic N) is 6. The van der Waals surface area contributed by atoms with Gasteiger partial charge in [0.15, 0.2) is 18.1 Å². The molecule has 0 aliphatic carbocycles. The number of fused-ring (bicyclic) bond motifs is 1. The van der Waals surface area contributed by atoms with E-state index in [1.165, 1.54) is 0 Å². The number of methoxy groups -OCH3 is 1. The number of amides is 2. The second-order valence-electron chi connectivity index (χ2n) is 9.93. The third kappa shape index (κ3) is 6.42. The summed E-state index contributed by atoms with van der Waals surface area (Å²) in [7, 11) is 1.60. The number of nitrogens with one attached hydrogen (secondary N) is 3. The fraction of sp³-hybridized carbons (Fsp3) is 0.310. The van der Waals surface area contributed by atoms with Gasteiger partial charge in [0.05, 0.1) is 12.6 Å². The highest BCUT2D eigenvalue weighted by Gasteiger charge is 2.26. The van der Waals surface area contributed by atoms with Crippen molar-refractivity contribution in [2.75, 3.05) is 33.3 Å². The molecule has 0 radical (unpaired) electrons. The lowest BCUT2D eigenvalue weighted by atomic mass is 10.1. The van der Waals surface area contributed by atoms with E-state index in [0.717, 1.165) is 35.1 Å². The van der Waals surface area contributed by atoms with Gasteiger partial charge in [0.25, 0.3) is 11.8 Å². The fourth-order valence-corrected chi connectivity index (χ4v) is 4.86. The van der Waals surface area contributed by atoms with Crippen LogP contribution in [0.3, 0.4) is 0 Å². The average molecular weight is 568 g/mol. The standard InChI is InChI=1S/C16H16N4O3.C13H13N5O/c1-22-13-4-2-11(3-5-13)14-8-15(23-19-14)16(21)18-12-6-7-20(9-12)10-17;14-8-18-6-5-9(7-18)15-13(19)12-10-3-1-2-4-11(10)16-17-12/h2-5,8,12H,6-7,9H2,1H3,(H,18,21);1-4,9H,5-7H2,(H,15,19)(H,16,17)/t12-;9-/m11/s1. The number of nitriles is 2. The van der Waals surface area contributed by atoms with Gasteiger partial charge >= 0.3 is 0 Å². The molecular formula is C29H29N9O4.